The van der Waals surface area contributed by atoms with E-state index in [-0.39, 0.29) is 16.6 Å². The molecule has 1 fully saturated rings. The Labute approximate surface area is 148 Å². The summed E-state index contributed by atoms with van der Waals surface area (Å²) in [6, 6.07) is 5.66. The first kappa shape index (κ1) is 18.7. The number of rotatable bonds is 6. The largest absolute Gasteiger partial charge is 0.280 e. The lowest BCUT2D eigenvalue weighted by Crippen LogP contribution is -2.25. The minimum absolute atomic E-state index is 0.0636. The summed E-state index contributed by atoms with van der Waals surface area (Å²) in [5.74, 6) is -5.26. The van der Waals surface area contributed by atoms with Crippen molar-refractivity contribution in [2.75, 3.05) is 4.72 Å². The second kappa shape index (κ2) is 6.56. The van der Waals surface area contributed by atoms with Crippen LogP contribution in [0.2, 0.25) is 0 Å². The first-order valence-corrected chi connectivity index (χ1v) is 10.4. The summed E-state index contributed by atoms with van der Waals surface area (Å²) in [5, 5.41) is 0. The zero-order chi connectivity index (χ0) is 19.1. The lowest BCUT2D eigenvalue weighted by Gasteiger charge is -2.10. The zero-order valence-electron chi connectivity index (χ0n) is 13.0. The van der Waals surface area contributed by atoms with Crippen molar-refractivity contribution in [3.8, 4) is 0 Å². The van der Waals surface area contributed by atoms with Crippen molar-refractivity contribution in [2.24, 2.45) is 0 Å². The fraction of sp³-hybridized carbons (Fsp3) is 0.200. The van der Waals surface area contributed by atoms with Crippen LogP contribution >= 0.6 is 0 Å². The first-order chi connectivity index (χ1) is 12.1. The summed E-state index contributed by atoms with van der Waals surface area (Å²) in [5.41, 5.74) is -0.0699. The lowest BCUT2D eigenvalue weighted by atomic mass is 10.3. The highest BCUT2D eigenvalue weighted by Crippen LogP contribution is 2.25. The van der Waals surface area contributed by atoms with Gasteiger partial charge in [-0.3, -0.25) is 4.72 Å². The molecule has 1 saturated carbocycles. The number of benzene rings is 2. The van der Waals surface area contributed by atoms with Crippen LogP contribution in [0.3, 0.4) is 0 Å². The van der Waals surface area contributed by atoms with E-state index in [1.165, 1.54) is 12.1 Å². The molecule has 11 heteroatoms. The highest BCUT2D eigenvalue weighted by Gasteiger charge is 2.28. The number of anilines is 1. The van der Waals surface area contributed by atoms with Gasteiger partial charge in [-0.2, -0.15) is 0 Å². The SMILES string of the molecule is O=S(=O)(NC1CC1)c1ccc(NS(=O)(=O)c2ccc(F)c(F)c2F)cc1. The Morgan fingerprint density at radius 2 is 1.42 bits per heavy atom. The molecular formula is C15H13F3N2O4S2. The third kappa shape index (κ3) is 3.84. The van der Waals surface area contributed by atoms with Gasteiger partial charge in [0.1, 0.15) is 4.90 Å². The van der Waals surface area contributed by atoms with E-state index in [0.717, 1.165) is 25.0 Å². The van der Waals surface area contributed by atoms with Gasteiger partial charge in [0.15, 0.2) is 17.5 Å². The topological polar surface area (TPSA) is 92.3 Å². The van der Waals surface area contributed by atoms with Gasteiger partial charge in [-0.15, -0.1) is 0 Å². The van der Waals surface area contributed by atoms with E-state index >= 15 is 0 Å². The molecule has 0 amide bonds. The monoisotopic (exact) mass is 406 g/mol. The van der Waals surface area contributed by atoms with Gasteiger partial charge in [0.2, 0.25) is 10.0 Å². The quantitative estimate of drug-likeness (QED) is 0.721. The summed E-state index contributed by atoms with van der Waals surface area (Å²) < 4.78 is 92.7. The third-order valence-corrected chi connectivity index (χ3v) is 6.54. The molecule has 0 radical (unpaired) electrons. The van der Waals surface area contributed by atoms with E-state index < -0.39 is 42.4 Å². The van der Waals surface area contributed by atoms with Crippen LogP contribution in [0.4, 0.5) is 18.9 Å². The molecule has 0 aromatic heterocycles. The van der Waals surface area contributed by atoms with Crippen LogP contribution in [0.15, 0.2) is 46.2 Å². The third-order valence-electron chi connectivity index (χ3n) is 3.61. The molecule has 0 unspecified atom stereocenters. The summed E-state index contributed by atoms with van der Waals surface area (Å²) in [6.45, 7) is 0. The molecular weight excluding hydrogens is 393 g/mol. The summed E-state index contributed by atoms with van der Waals surface area (Å²) in [6.07, 6.45) is 1.52. The molecule has 0 bridgehead atoms. The summed E-state index contributed by atoms with van der Waals surface area (Å²) in [7, 11) is -8.24. The first-order valence-electron chi connectivity index (χ1n) is 7.39. The van der Waals surface area contributed by atoms with Gasteiger partial charge in [0.25, 0.3) is 10.0 Å². The van der Waals surface area contributed by atoms with Gasteiger partial charge < -0.3 is 0 Å². The van der Waals surface area contributed by atoms with Crippen LogP contribution in [-0.2, 0) is 20.0 Å². The summed E-state index contributed by atoms with van der Waals surface area (Å²) in [4.78, 5) is -1.13. The molecule has 26 heavy (non-hydrogen) atoms. The lowest BCUT2D eigenvalue weighted by molar-refractivity contribution is 0.432. The van der Waals surface area contributed by atoms with E-state index in [2.05, 4.69) is 4.72 Å². The van der Waals surface area contributed by atoms with Crippen LogP contribution in [-0.4, -0.2) is 22.9 Å². The van der Waals surface area contributed by atoms with Crippen molar-refractivity contribution >= 4 is 25.7 Å². The predicted molar refractivity (Wildman–Crippen MR) is 86.9 cm³/mol. The van der Waals surface area contributed by atoms with Crippen LogP contribution in [0, 0.1) is 17.5 Å². The number of hydrogen-bond donors (Lipinski definition) is 2. The van der Waals surface area contributed by atoms with Crippen molar-refractivity contribution in [1.82, 2.24) is 4.72 Å². The fourth-order valence-corrected chi connectivity index (χ4v) is 4.55. The Kier molecular flexibility index (Phi) is 4.71. The zero-order valence-corrected chi connectivity index (χ0v) is 14.7. The van der Waals surface area contributed by atoms with Crippen LogP contribution in [0.25, 0.3) is 0 Å². The maximum Gasteiger partial charge on any atom is 0.264 e. The highest BCUT2D eigenvalue weighted by atomic mass is 32.2. The van der Waals surface area contributed by atoms with Gasteiger partial charge in [0, 0.05) is 11.7 Å². The minimum atomic E-state index is -4.54. The van der Waals surface area contributed by atoms with E-state index in [0.29, 0.717) is 12.1 Å². The Bertz CT molecular complexity index is 1050. The fourth-order valence-electron chi connectivity index (χ4n) is 2.12. The van der Waals surface area contributed by atoms with Crippen molar-refractivity contribution in [1.29, 1.82) is 0 Å². The highest BCUT2D eigenvalue weighted by molar-refractivity contribution is 7.92. The molecule has 0 heterocycles. The molecule has 1 aliphatic carbocycles. The van der Waals surface area contributed by atoms with Gasteiger partial charge in [-0.1, -0.05) is 0 Å². The van der Waals surface area contributed by atoms with Crippen LogP contribution in [0.5, 0.6) is 0 Å². The van der Waals surface area contributed by atoms with Crippen molar-refractivity contribution < 1.29 is 30.0 Å². The molecule has 2 aromatic carbocycles. The molecule has 0 spiro atoms. The Morgan fingerprint density at radius 3 is 2.00 bits per heavy atom. The average Bonchev–Trinajstić information content (AvgIpc) is 3.36. The molecule has 1 aliphatic rings. The van der Waals surface area contributed by atoms with E-state index in [4.69, 9.17) is 0 Å². The minimum Gasteiger partial charge on any atom is -0.280 e. The molecule has 2 aromatic rings. The maximum atomic E-state index is 13.7. The van der Waals surface area contributed by atoms with E-state index in [1.54, 1.807) is 0 Å². The van der Waals surface area contributed by atoms with Crippen LogP contribution in [0.1, 0.15) is 12.8 Å². The van der Waals surface area contributed by atoms with Gasteiger partial charge in [0.05, 0.1) is 4.90 Å². The van der Waals surface area contributed by atoms with Crippen molar-refractivity contribution in [3.05, 3.63) is 53.8 Å². The molecule has 6 nitrogen and oxygen atoms in total. The molecule has 3 rings (SSSR count). The molecule has 0 saturated heterocycles. The molecule has 140 valence electrons. The number of nitrogens with one attached hydrogen (secondary N) is 2. The molecule has 0 aliphatic heterocycles. The number of halogens is 3. The van der Waals surface area contributed by atoms with Gasteiger partial charge in [-0.25, -0.2) is 34.7 Å². The smallest absolute Gasteiger partial charge is 0.264 e. The second-order valence-corrected chi connectivity index (χ2v) is 9.06. The molecule has 2 N–H and O–H groups in total. The predicted octanol–water partition coefficient (Wildman–Crippen LogP) is 2.35. The van der Waals surface area contributed by atoms with Gasteiger partial charge >= 0.3 is 0 Å². The van der Waals surface area contributed by atoms with E-state index in [1.807, 2.05) is 4.72 Å². The summed E-state index contributed by atoms with van der Waals surface area (Å²) >= 11 is 0. The average molecular weight is 406 g/mol. The Balaban J connectivity index is 1.83. The Hall–Kier alpha value is -2.11. The van der Waals surface area contributed by atoms with Crippen molar-refractivity contribution in [3.63, 3.8) is 0 Å². The number of hydrogen-bond acceptors (Lipinski definition) is 4. The second-order valence-electron chi connectivity index (χ2n) is 5.70. The van der Waals surface area contributed by atoms with Crippen LogP contribution < -0.4 is 9.44 Å². The van der Waals surface area contributed by atoms with E-state index in [9.17, 15) is 30.0 Å². The standard InChI is InChI=1S/C15H13F3N2O4S2/c16-12-7-8-13(15(18)14(12)17)26(23,24)20-10-3-5-11(6-4-10)25(21,22)19-9-1-2-9/h3-9,19-20H,1-2H2. The molecule has 0 atom stereocenters. The number of sulfonamides is 2. The Morgan fingerprint density at radius 1 is 0.808 bits per heavy atom. The normalized spacial score (nSPS) is 15.0. The maximum absolute atomic E-state index is 13.7. The van der Waals surface area contributed by atoms with Crippen molar-refractivity contribution in [2.45, 2.75) is 28.7 Å². The van der Waals surface area contributed by atoms with Gasteiger partial charge in [-0.05, 0) is 49.2 Å².